The van der Waals surface area contributed by atoms with E-state index in [4.69, 9.17) is 16.3 Å². The second-order valence-electron chi connectivity index (χ2n) is 4.26. The fraction of sp³-hybridized carbons (Fsp3) is 0.200. The molecule has 0 spiro atoms. The van der Waals surface area contributed by atoms with Crippen LogP contribution < -0.4 is 4.74 Å². The molecule has 2 aromatic rings. The van der Waals surface area contributed by atoms with Crippen LogP contribution in [-0.2, 0) is 0 Å². The highest BCUT2D eigenvalue weighted by Crippen LogP contribution is 2.33. The third-order valence-corrected chi connectivity index (χ3v) is 3.42. The summed E-state index contributed by atoms with van der Waals surface area (Å²) < 4.78 is 32.1. The first-order valence-corrected chi connectivity index (χ1v) is 6.20. The van der Waals surface area contributed by atoms with E-state index in [9.17, 15) is 8.78 Å². The van der Waals surface area contributed by atoms with Crippen molar-refractivity contribution < 1.29 is 13.5 Å². The van der Waals surface area contributed by atoms with Crippen LogP contribution in [0.3, 0.4) is 0 Å². The summed E-state index contributed by atoms with van der Waals surface area (Å²) in [5.41, 5.74) is 1.32. The Kier molecular flexibility index (Phi) is 4.05. The van der Waals surface area contributed by atoms with Crippen LogP contribution in [0.4, 0.5) is 8.78 Å². The minimum absolute atomic E-state index is 0.258. The summed E-state index contributed by atoms with van der Waals surface area (Å²) in [5.74, 6) is -0.580. The average Bonchev–Trinajstić information content (AvgIpc) is 2.42. The molecule has 0 N–H and O–H groups in total. The molecule has 0 aliphatic carbocycles. The zero-order valence-corrected chi connectivity index (χ0v) is 11.3. The van der Waals surface area contributed by atoms with Crippen LogP contribution >= 0.6 is 11.6 Å². The lowest BCUT2D eigenvalue weighted by Gasteiger charge is -2.13. The van der Waals surface area contributed by atoms with Crippen LogP contribution in [0.15, 0.2) is 36.4 Å². The molecule has 100 valence electrons. The van der Waals surface area contributed by atoms with Gasteiger partial charge in [-0.05, 0) is 36.2 Å². The molecular weight excluding hydrogens is 270 g/mol. The SMILES string of the molecule is COc1cccc(C(Cl)c2cc(C)c(F)cc2F)c1. The molecule has 19 heavy (non-hydrogen) atoms. The average molecular weight is 283 g/mol. The second kappa shape index (κ2) is 5.57. The van der Waals surface area contributed by atoms with Crippen LogP contribution in [0.5, 0.6) is 5.75 Å². The molecule has 0 aliphatic heterocycles. The van der Waals surface area contributed by atoms with E-state index in [0.29, 0.717) is 16.9 Å². The van der Waals surface area contributed by atoms with Crippen LogP contribution in [-0.4, -0.2) is 7.11 Å². The maximum atomic E-state index is 13.8. The van der Waals surface area contributed by atoms with Gasteiger partial charge in [0.2, 0.25) is 0 Å². The summed E-state index contributed by atoms with van der Waals surface area (Å²) in [6.07, 6.45) is 0. The van der Waals surface area contributed by atoms with E-state index in [1.165, 1.54) is 6.07 Å². The molecule has 0 heterocycles. The number of alkyl halides is 1. The van der Waals surface area contributed by atoms with E-state index in [2.05, 4.69) is 0 Å². The van der Waals surface area contributed by atoms with E-state index in [1.54, 1.807) is 38.3 Å². The minimum Gasteiger partial charge on any atom is -0.497 e. The largest absolute Gasteiger partial charge is 0.497 e. The zero-order valence-electron chi connectivity index (χ0n) is 10.6. The molecular formula is C15H13ClF2O. The second-order valence-corrected chi connectivity index (χ2v) is 4.70. The van der Waals surface area contributed by atoms with E-state index < -0.39 is 17.0 Å². The summed E-state index contributed by atoms with van der Waals surface area (Å²) in [7, 11) is 1.55. The Hall–Kier alpha value is -1.61. The van der Waals surface area contributed by atoms with Gasteiger partial charge in [0.15, 0.2) is 0 Å². The molecule has 2 aromatic carbocycles. The number of ether oxygens (including phenoxy) is 1. The molecule has 0 saturated carbocycles. The lowest BCUT2D eigenvalue weighted by molar-refractivity contribution is 0.414. The number of methoxy groups -OCH3 is 1. The van der Waals surface area contributed by atoms with Crippen molar-refractivity contribution >= 4 is 11.6 Å². The number of rotatable bonds is 3. The molecule has 1 atom stereocenters. The number of hydrogen-bond acceptors (Lipinski definition) is 1. The maximum Gasteiger partial charge on any atom is 0.131 e. The molecule has 0 amide bonds. The highest BCUT2D eigenvalue weighted by molar-refractivity contribution is 6.22. The van der Waals surface area contributed by atoms with Crippen molar-refractivity contribution in [3.8, 4) is 5.75 Å². The Labute approximate surface area is 115 Å². The van der Waals surface area contributed by atoms with Gasteiger partial charge in [-0.2, -0.15) is 0 Å². The van der Waals surface area contributed by atoms with Crippen molar-refractivity contribution in [2.24, 2.45) is 0 Å². The molecule has 0 aromatic heterocycles. The standard InChI is InChI=1S/C15H13ClF2O/c1-9-6-12(14(18)8-13(9)17)15(16)10-4-3-5-11(7-10)19-2/h3-8,15H,1-2H3. The highest BCUT2D eigenvalue weighted by Gasteiger charge is 2.17. The number of aryl methyl sites for hydroxylation is 1. The number of halogens is 3. The monoisotopic (exact) mass is 282 g/mol. The van der Waals surface area contributed by atoms with Gasteiger partial charge in [-0.15, -0.1) is 11.6 Å². The van der Waals surface area contributed by atoms with Crippen LogP contribution in [0.25, 0.3) is 0 Å². The van der Waals surface area contributed by atoms with Gasteiger partial charge < -0.3 is 4.74 Å². The van der Waals surface area contributed by atoms with Crippen molar-refractivity contribution in [3.63, 3.8) is 0 Å². The highest BCUT2D eigenvalue weighted by atomic mass is 35.5. The predicted molar refractivity (Wildman–Crippen MR) is 71.8 cm³/mol. The van der Waals surface area contributed by atoms with Crippen molar-refractivity contribution in [2.45, 2.75) is 12.3 Å². The molecule has 0 fully saturated rings. The minimum atomic E-state index is -0.686. The maximum absolute atomic E-state index is 13.8. The Morgan fingerprint density at radius 3 is 2.53 bits per heavy atom. The Bertz CT molecular complexity index is 599. The van der Waals surface area contributed by atoms with Gasteiger partial charge in [0.1, 0.15) is 17.4 Å². The first-order valence-electron chi connectivity index (χ1n) is 5.76. The predicted octanol–water partition coefficient (Wildman–Crippen LogP) is 4.61. The molecule has 1 unspecified atom stereocenters. The van der Waals surface area contributed by atoms with E-state index >= 15 is 0 Å². The van der Waals surface area contributed by atoms with Crippen molar-refractivity contribution in [1.82, 2.24) is 0 Å². The Morgan fingerprint density at radius 2 is 1.84 bits per heavy atom. The summed E-state index contributed by atoms with van der Waals surface area (Å²) >= 11 is 6.27. The number of hydrogen-bond donors (Lipinski definition) is 0. The van der Waals surface area contributed by atoms with E-state index in [0.717, 1.165) is 6.07 Å². The Morgan fingerprint density at radius 1 is 1.11 bits per heavy atom. The van der Waals surface area contributed by atoms with Gasteiger partial charge in [-0.25, -0.2) is 8.78 Å². The lowest BCUT2D eigenvalue weighted by Crippen LogP contribution is -2.00. The smallest absolute Gasteiger partial charge is 0.131 e. The molecule has 0 saturated heterocycles. The van der Waals surface area contributed by atoms with Gasteiger partial charge in [-0.3, -0.25) is 0 Å². The summed E-state index contributed by atoms with van der Waals surface area (Å²) in [4.78, 5) is 0. The lowest BCUT2D eigenvalue weighted by atomic mass is 10.0. The number of benzene rings is 2. The van der Waals surface area contributed by atoms with Gasteiger partial charge in [0.25, 0.3) is 0 Å². The molecule has 0 aliphatic rings. The summed E-state index contributed by atoms with van der Waals surface area (Å²) in [5, 5.41) is -0.686. The third-order valence-electron chi connectivity index (χ3n) is 2.94. The quantitative estimate of drug-likeness (QED) is 0.747. The van der Waals surface area contributed by atoms with E-state index in [1.807, 2.05) is 0 Å². The Balaban J connectivity index is 2.43. The first kappa shape index (κ1) is 13.8. The molecule has 2 rings (SSSR count). The normalized spacial score (nSPS) is 12.3. The van der Waals surface area contributed by atoms with Crippen molar-refractivity contribution in [2.75, 3.05) is 7.11 Å². The third kappa shape index (κ3) is 2.87. The summed E-state index contributed by atoms with van der Waals surface area (Å²) in [6.45, 7) is 1.58. The first-order chi connectivity index (χ1) is 9.02. The molecule has 1 nitrogen and oxygen atoms in total. The van der Waals surface area contributed by atoms with E-state index in [-0.39, 0.29) is 5.56 Å². The van der Waals surface area contributed by atoms with Gasteiger partial charge >= 0.3 is 0 Å². The van der Waals surface area contributed by atoms with Crippen LogP contribution in [0, 0.1) is 18.6 Å². The fourth-order valence-electron chi connectivity index (χ4n) is 1.85. The van der Waals surface area contributed by atoms with Crippen LogP contribution in [0.2, 0.25) is 0 Å². The molecule has 0 radical (unpaired) electrons. The van der Waals surface area contributed by atoms with Crippen molar-refractivity contribution in [3.05, 3.63) is 64.7 Å². The topological polar surface area (TPSA) is 9.23 Å². The van der Waals surface area contributed by atoms with Crippen LogP contribution in [0.1, 0.15) is 22.1 Å². The van der Waals surface area contributed by atoms with Gasteiger partial charge in [0.05, 0.1) is 12.5 Å². The van der Waals surface area contributed by atoms with Gasteiger partial charge in [0, 0.05) is 11.6 Å². The molecule has 0 bridgehead atoms. The summed E-state index contributed by atoms with van der Waals surface area (Å²) in [6, 6.07) is 9.35. The zero-order chi connectivity index (χ0) is 14.0. The fourth-order valence-corrected chi connectivity index (χ4v) is 2.16. The molecule has 4 heteroatoms. The van der Waals surface area contributed by atoms with Crippen molar-refractivity contribution in [1.29, 1.82) is 0 Å². The van der Waals surface area contributed by atoms with Gasteiger partial charge in [-0.1, -0.05) is 12.1 Å².